The molecule has 0 fully saturated rings. The highest BCUT2D eigenvalue weighted by Gasteiger charge is 2.14. The lowest BCUT2D eigenvalue weighted by atomic mass is 10.2. The molecule has 134 valence electrons. The molecule has 0 radical (unpaired) electrons. The quantitative estimate of drug-likeness (QED) is 0.736. The molecule has 0 aliphatic heterocycles. The molecule has 1 amide bonds. The number of rotatable bonds is 3. The van der Waals surface area contributed by atoms with Crippen molar-refractivity contribution in [1.29, 1.82) is 0 Å². The molecule has 0 aliphatic carbocycles. The second kappa shape index (κ2) is 6.93. The molecule has 0 aliphatic rings. The minimum absolute atomic E-state index is 0.0887. The summed E-state index contributed by atoms with van der Waals surface area (Å²) in [6.45, 7) is 0.185. The average molecular weight is 393 g/mol. The van der Waals surface area contributed by atoms with Crippen LogP contribution in [0.15, 0.2) is 39.9 Å². The van der Waals surface area contributed by atoms with Crippen LogP contribution in [0.5, 0.6) is 0 Å². The van der Waals surface area contributed by atoms with E-state index in [1.807, 2.05) is 0 Å². The van der Waals surface area contributed by atoms with E-state index in [1.165, 1.54) is 30.8 Å². The summed E-state index contributed by atoms with van der Waals surface area (Å²) in [4.78, 5) is 40.7. The highest BCUT2D eigenvalue weighted by Crippen LogP contribution is 2.20. The maximum Gasteiger partial charge on any atom is 0.332 e. The van der Waals surface area contributed by atoms with E-state index in [0.717, 1.165) is 4.57 Å². The van der Waals surface area contributed by atoms with Crippen LogP contribution in [0.4, 0.5) is 0 Å². The third-order valence-corrected chi connectivity index (χ3v) is 4.58. The van der Waals surface area contributed by atoms with Crippen molar-refractivity contribution in [2.75, 3.05) is 0 Å². The molecule has 2 aromatic heterocycles. The second-order valence-corrected chi connectivity index (χ2v) is 6.54. The van der Waals surface area contributed by atoms with Crippen LogP contribution in [0.3, 0.4) is 0 Å². The summed E-state index contributed by atoms with van der Waals surface area (Å²) in [5.41, 5.74) is -0.0383. The molecular formula is C17H14Cl2N4O3. The minimum Gasteiger partial charge on any atom is -0.347 e. The van der Waals surface area contributed by atoms with Crippen LogP contribution in [0.1, 0.15) is 16.1 Å². The molecule has 9 heteroatoms. The fourth-order valence-electron chi connectivity index (χ4n) is 2.51. The van der Waals surface area contributed by atoms with Gasteiger partial charge in [0.25, 0.3) is 11.5 Å². The number of benzene rings is 1. The molecule has 1 aromatic carbocycles. The Morgan fingerprint density at radius 1 is 1.12 bits per heavy atom. The van der Waals surface area contributed by atoms with E-state index < -0.39 is 17.2 Å². The topological polar surface area (TPSA) is 86.0 Å². The summed E-state index contributed by atoms with van der Waals surface area (Å²) in [5.74, 6) is -0.453. The first-order valence-corrected chi connectivity index (χ1v) is 8.34. The number of carbonyl (C=O) groups excluding carboxylic acids is 1. The van der Waals surface area contributed by atoms with Gasteiger partial charge in [0.05, 0.1) is 5.39 Å². The van der Waals surface area contributed by atoms with Gasteiger partial charge in [-0.2, -0.15) is 0 Å². The van der Waals surface area contributed by atoms with Gasteiger partial charge in [0.1, 0.15) is 11.3 Å². The molecule has 0 atom stereocenters. The third kappa shape index (κ3) is 3.23. The van der Waals surface area contributed by atoms with Gasteiger partial charge in [-0.05, 0) is 29.8 Å². The first kappa shape index (κ1) is 18.2. The highest BCUT2D eigenvalue weighted by molar-refractivity contribution is 6.35. The zero-order chi connectivity index (χ0) is 19.0. The van der Waals surface area contributed by atoms with Crippen LogP contribution < -0.4 is 16.6 Å². The number of amides is 1. The van der Waals surface area contributed by atoms with Gasteiger partial charge in [-0.1, -0.05) is 29.3 Å². The summed E-state index contributed by atoms with van der Waals surface area (Å²) in [6, 6.07) is 7.90. The van der Waals surface area contributed by atoms with Crippen LogP contribution in [0.2, 0.25) is 10.0 Å². The van der Waals surface area contributed by atoms with Crippen molar-refractivity contribution < 1.29 is 4.79 Å². The van der Waals surface area contributed by atoms with Crippen molar-refractivity contribution in [2.24, 2.45) is 14.1 Å². The van der Waals surface area contributed by atoms with Gasteiger partial charge >= 0.3 is 5.69 Å². The number of aromatic nitrogens is 3. The number of pyridine rings is 1. The number of aryl methyl sites for hydroxylation is 1. The van der Waals surface area contributed by atoms with E-state index in [4.69, 9.17) is 23.2 Å². The van der Waals surface area contributed by atoms with Crippen molar-refractivity contribution in [3.63, 3.8) is 0 Å². The van der Waals surface area contributed by atoms with E-state index in [2.05, 4.69) is 10.3 Å². The maximum atomic E-state index is 12.4. The largest absolute Gasteiger partial charge is 0.347 e. The molecule has 1 N–H and O–H groups in total. The van der Waals surface area contributed by atoms with Crippen LogP contribution in [-0.2, 0) is 20.6 Å². The van der Waals surface area contributed by atoms with Gasteiger partial charge in [0, 0.05) is 30.7 Å². The summed E-state index contributed by atoms with van der Waals surface area (Å²) in [5, 5.41) is 3.90. The summed E-state index contributed by atoms with van der Waals surface area (Å²) in [6.07, 6.45) is 0. The Hall–Kier alpha value is -2.64. The number of fused-ring (bicyclic) bond motifs is 1. The Labute approximate surface area is 157 Å². The summed E-state index contributed by atoms with van der Waals surface area (Å²) in [7, 11) is 2.88. The van der Waals surface area contributed by atoms with Crippen molar-refractivity contribution >= 4 is 40.1 Å². The van der Waals surface area contributed by atoms with Crippen LogP contribution in [0.25, 0.3) is 11.0 Å². The van der Waals surface area contributed by atoms with E-state index in [9.17, 15) is 14.4 Å². The summed E-state index contributed by atoms with van der Waals surface area (Å²) >= 11 is 11.9. The Kier molecular flexibility index (Phi) is 4.84. The molecule has 3 aromatic rings. The summed E-state index contributed by atoms with van der Waals surface area (Å²) < 4.78 is 2.22. The Balaban J connectivity index is 1.91. The van der Waals surface area contributed by atoms with E-state index in [0.29, 0.717) is 15.6 Å². The van der Waals surface area contributed by atoms with Gasteiger partial charge in [-0.25, -0.2) is 9.78 Å². The molecule has 3 rings (SSSR count). The Bertz CT molecular complexity index is 1150. The lowest BCUT2D eigenvalue weighted by Gasteiger charge is -2.09. The fraction of sp³-hybridized carbons (Fsp3) is 0.176. The molecule has 2 heterocycles. The number of hydrogen-bond acceptors (Lipinski definition) is 4. The number of hydrogen-bond donors (Lipinski definition) is 1. The monoisotopic (exact) mass is 392 g/mol. The van der Waals surface area contributed by atoms with E-state index in [-0.39, 0.29) is 23.3 Å². The number of nitrogens with one attached hydrogen (secondary N) is 1. The predicted molar refractivity (Wildman–Crippen MR) is 99.9 cm³/mol. The highest BCUT2D eigenvalue weighted by atomic mass is 35.5. The molecule has 0 saturated carbocycles. The first-order valence-electron chi connectivity index (χ1n) is 7.58. The molecule has 7 nitrogen and oxygen atoms in total. The molecule has 0 bridgehead atoms. The number of carbonyl (C=O) groups is 1. The molecule has 26 heavy (non-hydrogen) atoms. The van der Waals surface area contributed by atoms with Gasteiger partial charge in [0.15, 0.2) is 0 Å². The van der Waals surface area contributed by atoms with Gasteiger partial charge in [-0.3, -0.25) is 18.7 Å². The van der Waals surface area contributed by atoms with Crippen molar-refractivity contribution in [1.82, 2.24) is 19.4 Å². The van der Waals surface area contributed by atoms with Gasteiger partial charge in [-0.15, -0.1) is 0 Å². The SMILES string of the molecule is Cn1c(=O)c2ccc(C(=O)NCc3ccc(Cl)cc3Cl)nc2n(C)c1=O. The zero-order valence-electron chi connectivity index (χ0n) is 13.9. The van der Waals surface area contributed by atoms with Crippen LogP contribution >= 0.6 is 23.2 Å². The predicted octanol–water partition coefficient (Wildman–Crippen LogP) is 1.87. The molecule has 0 saturated heterocycles. The Morgan fingerprint density at radius 2 is 1.85 bits per heavy atom. The zero-order valence-corrected chi connectivity index (χ0v) is 15.4. The lowest BCUT2D eigenvalue weighted by Crippen LogP contribution is -2.37. The Morgan fingerprint density at radius 3 is 2.54 bits per heavy atom. The maximum absolute atomic E-state index is 12.4. The smallest absolute Gasteiger partial charge is 0.332 e. The second-order valence-electron chi connectivity index (χ2n) is 5.69. The molecular weight excluding hydrogens is 379 g/mol. The molecule has 0 unspecified atom stereocenters. The fourth-order valence-corrected chi connectivity index (χ4v) is 2.99. The molecule has 0 spiro atoms. The third-order valence-electron chi connectivity index (χ3n) is 3.99. The van der Waals surface area contributed by atoms with Gasteiger partial charge < -0.3 is 5.32 Å². The van der Waals surface area contributed by atoms with Crippen molar-refractivity contribution in [3.8, 4) is 0 Å². The standard InChI is InChI=1S/C17H14Cl2N4O3/c1-22-14-11(16(25)23(2)17(22)26)5-6-13(21-14)15(24)20-8-9-3-4-10(18)7-12(9)19/h3-7H,8H2,1-2H3,(H,20,24). The lowest BCUT2D eigenvalue weighted by molar-refractivity contribution is 0.0946. The minimum atomic E-state index is -0.513. The number of halogens is 2. The van der Waals surface area contributed by atoms with Crippen LogP contribution in [-0.4, -0.2) is 20.0 Å². The normalized spacial score (nSPS) is 10.9. The van der Waals surface area contributed by atoms with Crippen molar-refractivity contribution in [3.05, 3.63) is 72.5 Å². The van der Waals surface area contributed by atoms with E-state index >= 15 is 0 Å². The van der Waals surface area contributed by atoms with Crippen molar-refractivity contribution in [2.45, 2.75) is 6.54 Å². The number of nitrogens with zero attached hydrogens (tertiary/aromatic N) is 3. The van der Waals surface area contributed by atoms with E-state index in [1.54, 1.807) is 18.2 Å². The van der Waals surface area contributed by atoms with Crippen LogP contribution in [0, 0.1) is 0 Å². The first-order chi connectivity index (χ1) is 12.3. The average Bonchev–Trinajstić information content (AvgIpc) is 2.63. The van der Waals surface area contributed by atoms with Gasteiger partial charge in [0.2, 0.25) is 0 Å².